The van der Waals surface area contributed by atoms with Gasteiger partial charge in [0.05, 0.1) is 18.2 Å². The summed E-state index contributed by atoms with van der Waals surface area (Å²) in [5.74, 6) is 0.748. The summed E-state index contributed by atoms with van der Waals surface area (Å²) in [6, 6.07) is 18.9. The number of benzene rings is 2. The van der Waals surface area contributed by atoms with E-state index in [1.165, 1.54) is 4.90 Å². The Kier molecular flexibility index (Phi) is 6.90. The number of aromatic nitrogens is 2. The van der Waals surface area contributed by atoms with Crippen molar-refractivity contribution in [2.24, 2.45) is 0 Å². The third-order valence-corrected chi connectivity index (χ3v) is 5.73. The summed E-state index contributed by atoms with van der Waals surface area (Å²) in [5.41, 5.74) is 3.54. The minimum absolute atomic E-state index is 0.0318. The lowest BCUT2D eigenvalue weighted by Gasteiger charge is -2.28. The molecular weight excluding hydrogens is 418 g/mol. The Labute approximate surface area is 192 Å². The highest BCUT2D eigenvalue weighted by Gasteiger charge is 2.24. The van der Waals surface area contributed by atoms with E-state index in [4.69, 9.17) is 4.74 Å². The molecule has 0 fully saturated rings. The summed E-state index contributed by atoms with van der Waals surface area (Å²) in [7, 11) is 0. The van der Waals surface area contributed by atoms with E-state index in [-0.39, 0.29) is 12.6 Å². The van der Waals surface area contributed by atoms with Crippen LogP contribution in [0.25, 0.3) is 10.9 Å². The number of H-pyrrole nitrogens is 1. The summed E-state index contributed by atoms with van der Waals surface area (Å²) < 4.78 is 6.04. The number of aliphatic hydroxyl groups is 1. The van der Waals surface area contributed by atoms with Crippen molar-refractivity contribution in [1.29, 1.82) is 0 Å². The first-order valence-corrected chi connectivity index (χ1v) is 10.9. The number of nitrogens with one attached hydrogen (secondary N) is 1. The Morgan fingerprint density at radius 3 is 2.67 bits per heavy atom. The van der Waals surface area contributed by atoms with Gasteiger partial charge in [0.1, 0.15) is 12.4 Å². The van der Waals surface area contributed by atoms with Crippen LogP contribution in [0.5, 0.6) is 5.75 Å². The second-order valence-electron chi connectivity index (χ2n) is 8.06. The Morgan fingerprint density at radius 1 is 1.12 bits per heavy atom. The van der Waals surface area contributed by atoms with Crippen molar-refractivity contribution in [3.63, 3.8) is 0 Å². The first-order chi connectivity index (χ1) is 16.0. The number of nitrogens with zero attached hydrogens (tertiary/aromatic N) is 2. The number of hydrogen-bond donors (Lipinski definition) is 3. The highest BCUT2D eigenvalue weighted by molar-refractivity contribution is 5.88. The number of para-hydroxylation sites is 1. The van der Waals surface area contributed by atoms with Gasteiger partial charge >= 0.3 is 6.09 Å². The van der Waals surface area contributed by atoms with Crippen molar-refractivity contribution in [3.05, 3.63) is 95.9 Å². The summed E-state index contributed by atoms with van der Waals surface area (Å²) in [4.78, 5) is 20.5. The largest absolute Gasteiger partial charge is 0.487 e. The topological polar surface area (TPSA) is 98.7 Å². The maximum atomic E-state index is 11.9. The Bertz CT molecular complexity index is 1190. The van der Waals surface area contributed by atoms with E-state index in [0.717, 1.165) is 27.8 Å². The van der Waals surface area contributed by atoms with Gasteiger partial charge in [-0.05, 0) is 36.6 Å². The molecule has 2 aromatic carbocycles. The molecule has 7 nitrogen and oxygen atoms in total. The van der Waals surface area contributed by atoms with Gasteiger partial charge in [-0.2, -0.15) is 0 Å². The van der Waals surface area contributed by atoms with E-state index in [1.54, 1.807) is 24.5 Å². The molecule has 33 heavy (non-hydrogen) atoms. The third-order valence-electron chi connectivity index (χ3n) is 5.73. The molecule has 0 spiro atoms. The molecule has 2 heterocycles. The molecule has 170 valence electrons. The van der Waals surface area contributed by atoms with E-state index in [0.29, 0.717) is 18.6 Å². The monoisotopic (exact) mass is 445 g/mol. The number of rotatable bonds is 9. The molecular formula is C26H27N3O4. The standard InChI is InChI=1S/C26H27N3O4/c1-18(29(26(31)32)16-23(30)20-9-6-12-27-14-20)13-21-15-28-25-22(21)10-5-11-24(25)33-17-19-7-3-2-4-8-19/h2-12,14-15,18,23,28,30H,13,16-17H2,1H3,(H,31,32)/t18-,23-/m1/s1. The van der Waals surface area contributed by atoms with Crippen molar-refractivity contribution in [2.45, 2.75) is 32.1 Å². The number of aromatic amines is 1. The number of carbonyl (C=O) groups is 1. The van der Waals surface area contributed by atoms with Crippen LogP contribution < -0.4 is 4.74 Å². The maximum absolute atomic E-state index is 11.9. The van der Waals surface area contributed by atoms with E-state index in [1.807, 2.05) is 61.7 Å². The fraction of sp³-hybridized carbons (Fsp3) is 0.231. The van der Waals surface area contributed by atoms with E-state index < -0.39 is 12.2 Å². The molecule has 2 aromatic heterocycles. The fourth-order valence-corrected chi connectivity index (χ4v) is 3.95. The van der Waals surface area contributed by atoms with E-state index in [9.17, 15) is 15.0 Å². The van der Waals surface area contributed by atoms with Crippen molar-refractivity contribution in [2.75, 3.05) is 6.54 Å². The second kappa shape index (κ2) is 10.2. The van der Waals surface area contributed by atoms with Gasteiger partial charge in [-0.3, -0.25) is 4.98 Å². The van der Waals surface area contributed by atoms with Gasteiger partial charge in [0.25, 0.3) is 0 Å². The van der Waals surface area contributed by atoms with Gasteiger partial charge in [0.15, 0.2) is 0 Å². The van der Waals surface area contributed by atoms with Gasteiger partial charge in [-0.25, -0.2) is 4.79 Å². The smallest absolute Gasteiger partial charge is 0.407 e. The summed E-state index contributed by atoms with van der Waals surface area (Å²) in [5, 5.41) is 21.3. The predicted molar refractivity (Wildman–Crippen MR) is 126 cm³/mol. The van der Waals surface area contributed by atoms with Gasteiger partial charge < -0.3 is 24.8 Å². The zero-order valence-corrected chi connectivity index (χ0v) is 18.4. The van der Waals surface area contributed by atoms with Crippen LogP contribution in [0.3, 0.4) is 0 Å². The number of pyridine rings is 1. The molecule has 3 N–H and O–H groups in total. The number of ether oxygens (including phenoxy) is 1. The summed E-state index contributed by atoms with van der Waals surface area (Å²) in [6.07, 6.45) is 3.53. The van der Waals surface area contributed by atoms with Crippen LogP contribution >= 0.6 is 0 Å². The van der Waals surface area contributed by atoms with Crippen molar-refractivity contribution in [1.82, 2.24) is 14.9 Å². The molecule has 0 aliphatic heterocycles. The zero-order valence-electron chi connectivity index (χ0n) is 18.4. The number of aliphatic hydroxyl groups excluding tert-OH is 1. The van der Waals surface area contributed by atoms with E-state index >= 15 is 0 Å². The number of hydrogen-bond acceptors (Lipinski definition) is 4. The molecule has 7 heteroatoms. The lowest BCUT2D eigenvalue weighted by atomic mass is 10.0. The molecule has 4 rings (SSSR count). The van der Waals surface area contributed by atoms with Crippen LogP contribution in [0.2, 0.25) is 0 Å². The van der Waals surface area contributed by atoms with Crippen LogP contribution in [0.4, 0.5) is 4.79 Å². The Morgan fingerprint density at radius 2 is 1.94 bits per heavy atom. The minimum Gasteiger partial charge on any atom is -0.487 e. The molecule has 0 bridgehead atoms. The maximum Gasteiger partial charge on any atom is 0.407 e. The molecule has 2 atom stereocenters. The van der Waals surface area contributed by atoms with Crippen LogP contribution in [0, 0.1) is 0 Å². The molecule has 4 aromatic rings. The predicted octanol–water partition coefficient (Wildman–Crippen LogP) is 4.79. The molecule has 0 saturated heterocycles. The molecule has 0 saturated carbocycles. The first kappa shape index (κ1) is 22.4. The number of carboxylic acid groups (broad SMARTS) is 1. The van der Waals surface area contributed by atoms with Gasteiger partial charge in [0, 0.05) is 35.6 Å². The van der Waals surface area contributed by atoms with Gasteiger partial charge in [0.2, 0.25) is 0 Å². The summed E-state index contributed by atoms with van der Waals surface area (Å²) in [6.45, 7) is 2.28. The lowest BCUT2D eigenvalue weighted by Crippen LogP contribution is -2.41. The second-order valence-corrected chi connectivity index (χ2v) is 8.06. The molecule has 0 aliphatic carbocycles. The highest BCUT2D eigenvalue weighted by Crippen LogP contribution is 2.29. The zero-order chi connectivity index (χ0) is 23.2. The lowest BCUT2D eigenvalue weighted by molar-refractivity contribution is 0.0798. The fourth-order valence-electron chi connectivity index (χ4n) is 3.95. The number of fused-ring (bicyclic) bond motifs is 1. The van der Waals surface area contributed by atoms with Crippen LogP contribution in [-0.4, -0.2) is 43.8 Å². The first-order valence-electron chi connectivity index (χ1n) is 10.9. The average Bonchev–Trinajstić information content (AvgIpc) is 3.25. The van der Waals surface area contributed by atoms with Gasteiger partial charge in [-0.1, -0.05) is 48.5 Å². The molecule has 1 amide bonds. The van der Waals surface area contributed by atoms with Crippen molar-refractivity contribution in [3.8, 4) is 5.75 Å². The SMILES string of the molecule is C[C@H](Cc1c[nH]c2c(OCc3ccccc3)cccc12)N(C[C@@H](O)c1cccnc1)C(=O)O. The number of amides is 1. The summed E-state index contributed by atoms with van der Waals surface area (Å²) >= 11 is 0. The molecule has 0 radical (unpaired) electrons. The van der Waals surface area contributed by atoms with Crippen molar-refractivity contribution >= 4 is 17.0 Å². The molecule has 0 aliphatic rings. The average molecular weight is 446 g/mol. The highest BCUT2D eigenvalue weighted by atomic mass is 16.5. The Hall–Kier alpha value is -3.84. The van der Waals surface area contributed by atoms with Gasteiger partial charge in [-0.15, -0.1) is 0 Å². The normalized spacial score (nSPS) is 12.9. The van der Waals surface area contributed by atoms with Crippen molar-refractivity contribution < 1.29 is 19.7 Å². The van der Waals surface area contributed by atoms with E-state index in [2.05, 4.69) is 9.97 Å². The third kappa shape index (κ3) is 5.32. The minimum atomic E-state index is -1.07. The van der Waals surface area contributed by atoms with Crippen LogP contribution in [0.1, 0.15) is 29.7 Å². The Balaban J connectivity index is 1.48. The van der Waals surface area contributed by atoms with Crippen LogP contribution in [-0.2, 0) is 13.0 Å². The van der Waals surface area contributed by atoms with Crippen LogP contribution in [0.15, 0.2) is 79.3 Å². The quantitative estimate of drug-likeness (QED) is 0.344. The molecule has 0 unspecified atom stereocenters.